The lowest BCUT2D eigenvalue weighted by molar-refractivity contribution is 0.475. The molecule has 0 aliphatic heterocycles. The number of benzene rings is 2. The van der Waals surface area contributed by atoms with Gasteiger partial charge in [0.2, 0.25) is 0 Å². The predicted octanol–water partition coefficient (Wildman–Crippen LogP) is 2.87. The lowest BCUT2D eigenvalue weighted by Crippen LogP contribution is -2.08. The zero-order valence-electron chi connectivity index (χ0n) is 9.71. The molecular formula is C15H17NO. The Morgan fingerprint density at radius 1 is 0.882 bits per heavy atom. The van der Waals surface area contributed by atoms with Gasteiger partial charge in [-0.25, -0.2) is 0 Å². The fourth-order valence-electron chi connectivity index (χ4n) is 2.08. The van der Waals surface area contributed by atoms with E-state index in [1.165, 1.54) is 11.1 Å². The highest BCUT2D eigenvalue weighted by Gasteiger charge is 2.12. The first-order chi connectivity index (χ1) is 8.31. The summed E-state index contributed by atoms with van der Waals surface area (Å²) in [4.78, 5) is 0. The number of phenols is 1. The smallest absolute Gasteiger partial charge is 0.115 e. The molecule has 0 aliphatic carbocycles. The topological polar surface area (TPSA) is 46.2 Å². The number of nitrogens with two attached hydrogens (primary N) is 1. The first-order valence-electron chi connectivity index (χ1n) is 5.85. The van der Waals surface area contributed by atoms with Crippen molar-refractivity contribution < 1.29 is 5.11 Å². The maximum absolute atomic E-state index is 9.31. The first kappa shape index (κ1) is 11.7. The molecule has 0 heterocycles. The zero-order valence-corrected chi connectivity index (χ0v) is 9.71. The van der Waals surface area contributed by atoms with E-state index < -0.39 is 0 Å². The number of rotatable bonds is 4. The van der Waals surface area contributed by atoms with E-state index in [1.807, 2.05) is 30.3 Å². The van der Waals surface area contributed by atoms with Gasteiger partial charge in [0.25, 0.3) is 0 Å². The number of hydrogen-bond acceptors (Lipinski definition) is 2. The van der Waals surface area contributed by atoms with Crippen molar-refractivity contribution in [2.75, 3.05) is 6.54 Å². The maximum atomic E-state index is 9.31. The zero-order chi connectivity index (χ0) is 12.1. The normalized spacial score (nSPS) is 12.3. The van der Waals surface area contributed by atoms with Crippen molar-refractivity contribution in [3.05, 3.63) is 65.7 Å². The third-order valence-corrected chi connectivity index (χ3v) is 2.95. The minimum Gasteiger partial charge on any atom is -0.508 e. The Bertz CT molecular complexity index is 450. The summed E-state index contributed by atoms with van der Waals surface area (Å²) >= 11 is 0. The molecule has 17 heavy (non-hydrogen) atoms. The van der Waals surface area contributed by atoms with Crippen molar-refractivity contribution in [1.29, 1.82) is 0 Å². The average molecular weight is 227 g/mol. The molecule has 1 atom stereocenters. The Morgan fingerprint density at radius 3 is 2.06 bits per heavy atom. The molecule has 0 spiro atoms. The Labute approximate surface area is 102 Å². The summed E-state index contributed by atoms with van der Waals surface area (Å²) in [7, 11) is 0. The third-order valence-electron chi connectivity index (χ3n) is 2.95. The highest BCUT2D eigenvalue weighted by atomic mass is 16.3. The molecule has 88 valence electrons. The van der Waals surface area contributed by atoms with Gasteiger partial charge in [-0.2, -0.15) is 0 Å². The van der Waals surface area contributed by atoms with Gasteiger partial charge in [0.1, 0.15) is 5.75 Å². The number of hydrogen-bond donors (Lipinski definition) is 2. The molecule has 2 heteroatoms. The highest BCUT2D eigenvalue weighted by molar-refractivity contribution is 5.35. The SMILES string of the molecule is NCCC(c1ccccc1)c1ccc(O)cc1. The van der Waals surface area contributed by atoms with E-state index in [9.17, 15) is 5.11 Å². The van der Waals surface area contributed by atoms with Gasteiger partial charge in [0, 0.05) is 5.92 Å². The highest BCUT2D eigenvalue weighted by Crippen LogP contribution is 2.28. The summed E-state index contributed by atoms with van der Waals surface area (Å²) in [5, 5.41) is 9.31. The number of phenolic OH excluding ortho intramolecular Hbond substituents is 1. The summed E-state index contributed by atoms with van der Waals surface area (Å²) < 4.78 is 0. The second-order valence-corrected chi connectivity index (χ2v) is 4.13. The molecule has 1 unspecified atom stereocenters. The van der Waals surface area contributed by atoms with Gasteiger partial charge in [-0.15, -0.1) is 0 Å². The van der Waals surface area contributed by atoms with Gasteiger partial charge < -0.3 is 10.8 Å². The van der Waals surface area contributed by atoms with Crippen LogP contribution >= 0.6 is 0 Å². The van der Waals surface area contributed by atoms with E-state index in [1.54, 1.807) is 12.1 Å². The Kier molecular flexibility index (Phi) is 3.78. The third kappa shape index (κ3) is 2.86. The molecular weight excluding hydrogens is 210 g/mol. The van der Waals surface area contributed by atoms with Crippen molar-refractivity contribution in [2.45, 2.75) is 12.3 Å². The first-order valence-corrected chi connectivity index (χ1v) is 5.85. The van der Waals surface area contributed by atoms with E-state index in [-0.39, 0.29) is 0 Å². The molecule has 2 rings (SSSR count). The van der Waals surface area contributed by atoms with Gasteiger partial charge >= 0.3 is 0 Å². The van der Waals surface area contributed by atoms with Gasteiger partial charge in [-0.05, 0) is 36.2 Å². The summed E-state index contributed by atoms with van der Waals surface area (Å²) in [5.74, 6) is 0.607. The Hall–Kier alpha value is -1.80. The fraction of sp³-hybridized carbons (Fsp3) is 0.200. The average Bonchev–Trinajstić information content (AvgIpc) is 2.38. The van der Waals surface area contributed by atoms with Crippen LogP contribution in [0.5, 0.6) is 5.75 Å². The number of aromatic hydroxyl groups is 1. The minimum absolute atomic E-state index is 0.299. The molecule has 0 saturated heterocycles. The van der Waals surface area contributed by atoms with Crippen molar-refractivity contribution in [3.63, 3.8) is 0 Å². The van der Waals surface area contributed by atoms with Crippen molar-refractivity contribution >= 4 is 0 Å². The Morgan fingerprint density at radius 2 is 1.47 bits per heavy atom. The van der Waals surface area contributed by atoms with Gasteiger partial charge in [-0.3, -0.25) is 0 Å². The molecule has 2 aromatic rings. The van der Waals surface area contributed by atoms with E-state index in [0.29, 0.717) is 18.2 Å². The molecule has 0 aliphatic rings. The van der Waals surface area contributed by atoms with Gasteiger partial charge in [0.15, 0.2) is 0 Å². The van der Waals surface area contributed by atoms with Crippen LogP contribution in [0.15, 0.2) is 54.6 Å². The molecule has 0 aromatic heterocycles. The van der Waals surface area contributed by atoms with Gasteiger partial charge in [-0.1, -0.05) is 42.5 Å². The summed E-state index contributed by atoms with van der Waals surface area (Å²) in [6, 6.07) is 17.7. The molecule has 2 aromatic carbocycles. The molecule has 0 radical (unpaired) electrons. The van der Waals surface area contributed by atoms with Crippen LogP contribution in [0.4, 0.5) is 0 Å². The molecule has 3 N–H and O–H groups in total. The van der Waals surface area contributed by atoms with Crippen LogP contribution < -0.4 is 5.73 Å². The molecule has 0 saturated carbocycles. The molecule has 2 nitrogen and oxygen atoms in total. The van der Waals surface area contributed by atoms with E-state index >= 15 is 0 Å². The fourth-order valence-corrected chi connectivity index (χ4v) is 2.08. The van der Waals surface area contributed by atoms with Crippen molar-refractivity contribution in [1.82, 2.24) is 0 Å². The summed E-state index contributed by atoms with van der Waals surface area (Å²) in [5.41, 5.74) is 8.15. The lowest BCUT2D eigenvalue weighted by Gasteiger charge is -2.17. The second-order valence-electron chi connectivity index (χ2n) is 4.13. The summed E-state index contributed by atoms with van der Waals surface area (Å²) in [6.07, 6.45) is 0.911. The van der Waals surface area contributed by atoms with Crippen LogP contribution in [0.1, 0.15) is 23.5 Å². The molecule has 0 amide bonds. The van der Waals surface area contributed by atoms with Crippen LogP contribution in [0, 0.1) is 0 Å². The van der Waals surface area contributed by atoms with E-state index in [2.05, 4.69) is 12.1 Å². The van der Waals surface area contributed by atoms with E-state index in [4.69, 9.17) is 5.73 Å². The monoisotopic (exact) mass is 227 g/mol. The van der Waals surface area contributed by atoms with Crippen LogP contribution in [-0.4, -0.2) is 11.7 Å². The minimum atomic E-state index is 0.299. The standard InChI is InChI=1S/C15H17NO/c16-11-10-15(12-4-2-1-3-5-12)13-6-8-14(17)9-7-13/h1-9,15,17H,10-11,16H2. The lowest BCUT2D eigenvalue weighted by atomic mass is 9.88. The maximum Gasteiger partial charge on any atom is 0.115 e. The van der Waals surface area contributed by atoms with Crippen LogP contribution in [0.3, 0.4) is 0 Å². The quantitative estimate of drug-likeness (QED) is 0.843. The van der Waals surface area contributed by atoms with Gasteiger partial charge in [0.05, 0.1) is 0 Å². The largest absolute Gasteiger partial charge is 0.508 e. The van der Waals surface area contributed by atoms with Crippen molar-refractivity contribution in [2.24, 2.45) is 5.73 Å². The predicted molar refractivity (Wildman–Crippen MR) is 70.1 cm³/mol. The van der Waals surface area contributed by atoms with Crippen LogP contribution in [0.25, 0.3) is 0 Å². The van der Waals surface area contributed by atoms with Crippen molar-refractivity contribution in [3.8, 4) is 5.75 Å². The molecule has 0 bridgehead atoms. The second kappa shape index (κ2) is 5.51. The Balaban J connectivity index is 2.32. The van der Waals surface area contributed by atoms with Crippen LogP contribution in [-0.2, 0) is 0 Å². The summed E-state index contributed by atoms with van der Waals surface area (Å²) in [6.45, 7) is 0.653. The van der Waals surface area contributed by atoms with E-state index in [0.717, 1.165) is 6.42 Å². The van der Waals surface area contributed by atoms with Crippen LogP contribution in [0.2, 0.25) is 0 Å². The molecule has 0 fully saturated rings.